The number of phenols is 1. The van der Waals surface area contributed by atoms with Gasteiger partial charge in [0.25, 0.3) is 0 Å². The standard InChI is InChI=1S/C16H14N2O3/c1-10(19)21-16-8-12-13(7-11-5-3-2-4-6-11)17-18-14(12)9-15(16)20/h2-6,8-9,20H,7H2,1H3,(H,17,18). The van der Waals surface area contributed by atoms with E-state index in [1.807, 2.05) is 30.3 Å². The van der Waals surface area contributed by atoms with Crippen molar-refractivity contribution in [1.29, 1.82) is 0 Å². The van der Waals surface area contributed by atoms with Crippen molar-refractivity contribution in [3.63, 3.8) is 0 Å². The van der Waals surface area contributed by atoms with Crippen LogP contribution in [0.3, 0.4) is 0 Å². The van der Waals surface area contributed by atoms with Crippen molar-refractivity contribution >= 4 is 16.9 Å². The van der Waals surface area contributed by atoms with E-state index in [9.17, 15) is 9.90 Å². The molecule has 21 heavy (non-hydrogen) atoms. The Balaban J connectivity index is 2.02. The third kappa shape index (κ3) is 2.72. The van der Waals surface area contributed by atoms with Gasteiger partial charge < -0.3 is 9.84 Å². The van der Waals surface area contributed by atoms with E-state index in [1.165, 1.54) is 13.0 Å². The summed E-state index contributed by atoms with van der Waals surface area (Å²) in [6, 6.07) is 13.1. The summed E-state index contributed by atoms with van der Waals surface area (Å²) in [6.07, 6.45) is 0.658. The van der Waals surface area contributed by atoms with Crippen molar-refractivity contribution in [2.75, 3.05) is 0 Å². The first kappa shape index (κ1) is 13.2. The summed E-state index contributed by atoms with van der Waals surface area (Å²) in [5, 5.41) is 17.8. The number of phenolic OH excluding ortho intramolecular Hbond substituents is 1. The van der Waals surface area contributed by atoms with Crippen LogP contribution >= 0.6 is 0 Å². The van der Waals surface area contributed by atoms with E-state index in [-0.39, 0.29) is 11.5 Å². The van der Waals surface area contributed by atoms with Crippen LogP contribution in [0.2, 0.25) is 0 Å². The van der Waals surface area contributed by atoms with Gasteiger partial charge in [0.05, 0.1) is 11.2 Å². The molecule has 2 aromatic carbocycles. The lowest BCUT2D eigenvalue weighted by atomic mass is 10.1. The fraction of sp³-hybridized carbons (Fsp3) is 0.125. The summed E-state index contributed by atoms with van der Waals surface area (Å²) in [5.74, 6) is -0.420. The van der Waals surface area contributed by atoms with Gasteiger partial charge in [-0.3, -0.25) is 9.89 Å². The van der Waals surface area contributed by atoms with Crippen molar-refractivity contribution < 1.29 is 14.6 Å². The van der Waals surface area contributed by atoms with E-state index in [0.29, 0.717) is 11.9 Å². The Kier molecular flexibility index (Phi) is 3.31. The van der Waals surface area contributed by atoms with Crippen LogP contribution in [0.1, 0.15) is 18.2 Å². The minimum atomic E-state index is -0.474. The van der Waals surface area contributed by atoms with Crippen LogP contribution in [0.15, 0.2) is 42.5 Å². The number of aromatic nitrogens is 2. The number of rotatable bonds is 3. The minimum Gasteiger partial charge on any atom is -0.504 e. The van der Waals surface area contributed by atoms with Gasteiger partial charge in [-0.25, -0.2) is 0 Å². The molecule has 106 valence electrons. The molecule has 0 fully saturated rings. The lowest BCUT2D eigenvalue weighted by molar-refractivity contribution is -0.132. The second-order valence-electron chi connectivity index (χ2n) is 4.79. The topological polar surface area (TPSA) is 75.2 Å². The van der Waals surface area contributed by atoms with Crippen molar-refractivity contribution in [1.82, 2.24) is 10.2 Å². The van der Waals surface area contributed by atoms with Gasteiger partial charge in [0, 0.05) is 24.8 Å². The summed E-state index contributed by atoms with van der Waals surface area (Å²) in [7, 11) is 0. The zero-order valence-electron chi connectivity index (χ0n) is 11.5. The van der Waals surface area contributed by atoms with Crippen molar-refractivity contribution in [3.05, 3.63) is 53.7 Å². The van der Waals surface area contributed by atoms with E-state index in [1.54, 1.807) is 6.07 Å². The Hall–Kier alpha value is -2.82. The lowest BCUT2D eigenvalue weighted by Gasteiger charge is -2.05. The number of H-pyrrole nitrogens is 1. The van der Waals surface area contributed by atoms with Crippen LogP contribution in [0.25, 0.3) is 10.9 Å². The number of carbonyl (C=O) groups excluding carboxylic acids is 1. The van der Waals surface area contributed by atoms with Crippen molar-refractivity contribution in [2.45, 2.75) is 13.3 Å². The minimum absolute atomic E-state index is 0.0902. The molecule has 3 rings (SSSR count). The van der Waals surface area contributed by atoms with Gasteiger partial charge in [-0.2, -0.15) is 5.10 Å². The SMILES string of the molecule is CC(=O)Oc1cc2c(Cc3ccccc3)n[nH]c2cc1O. The second kappa shape index (κ2) is 5.28. The number of nitrogens with zero attached hydrogens (tertiary/aromatic N) is 1. The maximum Gasteiger partial charge on any atom is 0.308 e. The molecule has 0 aliphatic rings. The normalized spacial score (nSPS) is 10.7. The first-order valence-electron chi connectivity index (χ1n) is 6.56. The van der Waals surface area contributed by atoms with Gasteiger partial charge in [0.2, 0.25) is 0 Å². The largest absolute Gasteiger partial charge is 0.504 e. The molecule has 0 bridgehead atoms. The fourth-order valence-electron chi connectivity index (χ4n) is 2.25. The molecule has 2 N–H and O–H groups in total. The number of hydrogen-bond donors (Lipinski definition) is 2. The van der Waals surface area contributed by atoms with Crippen LogP contribution in [0.4, 0.5) is 0 Å². The number of fused-ring (bicyclic) bond motifs is 1. The van der Waals surface area contributed by atoms with Gasteiger partial charge in [-0.15, -0.1) is 0 Å². The fourth-order valence-corrected chi connectivity index (χ4v) is 2.25. The molecule has 0 atom stereocenters. The molecule has 0 saturated heterocycles. The Bertz CT molecular complexity index is 794. The second-order valence-corrected chi connectivity index (χ2v) is 4.79. The number of aromatic hydroxyl groups is 1. The average molecular weight is 282 g/mol. The van der Waals surface area contributed by atoms with Gasteiger partial charge >= 0.3 is 5.97 Å². The number of ether oxygens (including phenoxy) is 1. The average Bonchev–Trinajstić information content (AvgIpc) is 2.82. The van der Waals surface area contributed by atoms with Crippen LogP contribution in [-0.4, -0.2) is 21.3 Å². The molecule has 5 heteroatoms. The predicted octanol–water partition coefficient (Wildman–Crippen LogP) is 2.78. The summed E-state index contributed by atoms with van der Waals surface area (Å²) >= 11 is 0. The van der Waals surface area contributed by atoms with Gasteiger partial charge in [-0.05, 0) is 11.6 Å². The molecule has 0 aliphatic carbocycles. The molecule has 0 unspecified atom stereocenters. The number of hydrogen-bond acceptors (Lipinski definition) is 4. The predicted molar refractivity (Wildman–Crippen MR) is 78.3 cm³/mol. The third-order valence-electron chi connectivity index (χ3n) is 3.19. The maximum atomic E-state index is 11.1. The highest BCUT2D eigenvalue weighted by Gasteiger charge is 2.13. The molecule has 0 spiro atoms. The molecule has 0 saturated carbocycles. The molecular weight excluding hydrogens is 268 g/mol. The molecular formula is C16H14N2O3. The number of nitrogens with one attached hydrogen (secondary N) is 1. The van der Waals surface area contributed by atoms with Gasteiger partial charge in [0.15, 0.2) is 11.5 Å². The van der Waals surface area contributed by atoms with E-state index in [0.717, 1.165) is 16.6 Å². The Morgan fingerprint density at radius 3 is 2.76 bits per heavy atom. The van der Waals surface area contributed by atoms with Gasteiger partial charge in [0.1, 0.15) is 0 Å². The zero-order valence-corrected chi connectivity index (χ0v) is 11.5. The Labute approximate surface area is 121 Å². The first-order valence-corrected chi connectivity index (χ1v) is 6.56. The maximum absolute atomic E-state index is 11.1. The summed E-state index contributed by atoms with van der Waals surface area (Å²) in [6.45, 7) is 1.30. The van der Waals surface area contributed by atoms with E-state index < -0.39 is 5.97 Å². The number of aromatic amines is 1. The molecule has 1 aromatic heterocycles. The highest BCUT2D eigenvalue weighted by atomic mass is 16.5. The van der Waals surface area contributed by atoms with E-state index in [4.69, 9.17) is 4.74 Å². The summed E-state index contributed by atoms with van der Waals surface area (Å²) < 4.78 is 5.00. The number of carbonyl (C=O) groups is 1. The number of esters is 1. The monoisotopic (exact) mass is 282 g/mol. The third-order valence-corrected chi connectivity index (χ3v) is 3.19. The molecule has 5 nitrogen and oxygen atoms in total. The molecule has 3 aromatic rings. The molecule has 0 radical (unpaired) electrons. The quantitative estimate of drug-likeness (QED) is 0.572. The van der Waals surface area contributed by atoms with Crippen LogP contribution in [-0.2, 0) is 11.2 Å². The van der Waals surface area contributed by atoms with Crippen LogP contribution in [0.5, 0.6) is 11.5 Å². The Morgan fingerprint density at radius 1 is 1.29 bits per heavy atom. The van der Waals surface area contributed by atoms with Gasteiger partial charge in [-0.1, -0.05) is 30.3 Å². The lowest BCUT2D eigenvalue weighted by Crippen LogP contribution is -2.01. The zero-order chi connectivity index (χ0) is 14.8. The molecule has 0 amide bonds. The first-order chi connectivity index (χ1) is 10.1. The highest BCUT2D eigenvalue weighted by molar-refractivity contribution is 5.86. The van der Waals surface area contributed by atoms with E-state index in [2.05, 4.69) is 10.2 Å². The summed E-state index contributed by atoms with van der Waals surface area (Å²) in [4.78, 5) is 11.1. The highest BCUT2D eigenvalue weighted by Crippen LogP contribution is 2.32. The molecule has 0 aliphatic heterocycles. The summed E-state index contributed by atoms with van der Waals surface area (Å²) in [5.41, 5.74) is 2.67. The number of benzene rings is 2. The van der Waals surface area contributed by atoms with Crippen molar-refractivity contribution in [3.8, 4) is 11.5 Å². The Morgan fingerprint density at radius 2 is 2.05 bits per heavy atom. The molecule has 1 heterocycles. The van der Waals surface area contributed by atoms with Crippen LogP contribution < -0.4 is 4.74 Å². The van der Waals surface area contributed by atoms with E-state index >= 15 is 0 Å². The van der Waals surface area contributed by atoms with Crippen molar-refractivity contribution in [2.24, 2.45) is 0 Å². The van der Waals surface area contributed by atoms with Crippen LogP contribution in [0, 0.1) is 0 Å². The smallest absolute Gasteiger partial charge is 0.308 e.